The maximum Gasteiger partial charge on any atom is 0.224 e. The van der Waals surface area contributed by atoms with E-state index in [4.69, 9.17) is 11.6 Å². The van der Waals surface area contributed by atoms with Crippen molar-refractivity contribution < 1.29 is 4.79 Å². The molecule has 2 atom stereocenters. The molecule has 0 aliphatic carbocycles. The molecule has 2 aromatic rings. The normalized spacial score (nSPS) is 22.7. The Kier molecular flexibility index (Phi) is 5.53. The largest absolute Gasteiger partial charge is 0.331 e. The minimum Gasteiger partial charge on any atom is -0.331 e. The third kappa shape index (κ3) is 3.93. The molecule has 0 saturated carbocycles. The van der Waals surface area contributed by atoms with E-state index in [-0.39, 0.29) is 18.0 Å². The average molecular weight is 387 g/mol. The number of hydrogen-bond donors (Lipinski definition) is 1. The minimum absolute atomic E-state index is 0.0913. The van der Waals surface area contributed by atoms with E-state index in [2.05, 4.69) is 40.5 Å². The van der Waals surface area contributed by atoms with Crippen molar-refractivity contribution in [3.63, 3.8) is 0 Å². The first-order valence-electron chi connectivity index (χ1n) is 9.13. The fraction of sp³-hybridized carbons (Fsp3) is 0.381. The predicted octanol–water partition coefficient (Wildman–Crippen LogP) is 4.06. The Labute approximate surface area is 164 Å². The molecule has 1 N–H and O–H groups in total. The topological polar surface area (TPSA) is 32.3 Å². The van der Waals surface area contributed by atoms with Crippen molar-refractivity contribution in [2.45, 2.75) is 31.5 Å². The number of benzene rings is 2. The summed E-state index contributed by atoms with van der Waals surface area (Å²) in [7, 11) is 0. The Morgan fingerprint density at radius 3 is 2.81 bits per heavy atom. The van der Waals surface area contributed by atoms with Crippen molar-refractivity contribution in [2.75, 3.05) is 18.1 Å². The van der Waals surface area contributed by atoms with Crippen LogP contribution in [0.2, 0.25) is 5.02 Å². The van der Waals surface area contributed by atoms with Crippen LogP contribution in [0.25, 0.3) is 0 Å². The molecule has 5 heteroatoms. The van der Waals surface area contributed by atoms with Crippen molar-refractivity contribution in [1.82, 2.24) is 10.2 Å². The first-order chi connectivity index (χ1) is 12.7. The molecule has 2 heterocycles. The van der Waals surface area contributed by atoms with E-state index in [0.717, 1.165) is 29.5 Å². The zero-order chi connectivity index (χ0) is 17.9. The van der Waals surface area contributed by atoms with Gasteiger partial charge in [0.15, 0.2) is 0 Å². The highest BCUT2D eigenvalue weighted by atomic mass is 35.5. The molecule has 1 fully saturated rings. The number of carbonyl (C=O) groups is 1. The summed E-state index contributed by atoms with van der Waals surface area (Å²) in [5.41, 5.74) is 3.66. The number of rotatable bonds is 3. The van der Waals surface area contributed by atoms with Gasteiger partial charge < -0.3 is 10.2 Å². The van der Waals surface area contributed by atoms with Gasteiger partial charge >= 0.3 is 0 Å². The van der Waals surface area contributed by atoms with E-state index in [1.807, 2.05) is 30.0 Å². The van der Waals surface area contributed by atoms with Crippen LogP contribution >= 0.6 is 23.4 Å². The SMILES string of the molecule is O=C(CC1CSCCN1)N1Cc2cc(Cl)ccc2CC1c1ccccc1. The van der Waals surface area contributed by atoms with E-state index in [9.17, 15) is 4.79 Å². The molecule has 2 aliphatic rings. The molecule has 0 spiro atoms. The van der Waals surface area contributed by atoms with E-state index < -0.39 is 0 Å². The number of nitrogens with zero attached hydrogens (tertiary/aromatic N) is 1. The number of halogens is 1. The van der Waals surface area contributed by atoms with E-state index in [1.54, 1.807) is 0 Å². The lowest BCUT2D eigenvalue weighted by atomic mass is 9.89. The summed E-state index contributed by atoms with van der Waals surface area (Å²) in [6, 6.07) is 16.8. The fourth-order valence-electron chi connectivity index (χ4n) is 3.87. The summed E-state index contributed by atoms with van der Waals surface area (Å²) in [5.74, 6) is 2.37. The Morgan fingerprint density at radius 1 is 1.19 bits per heavy atom. The number of nitrogens with one attached hydrogen (secondary N) is 1. The highest BCUT2D eigenvalue weighted by Crippen LogP contribution is 2.35. The highest BCUT2D eigenvalue weighted by Gasteiger charge is 2.32. The van der Waals surface area contributed by atoms with Gasteiger partial charge in [-0.2, -0.15) is 11.8 Å². The molecule has 26 heavy (non-hydrogen) atoms. The van der Waals surface area contributed by atoms with E-state index >= 15 is 0 Å². The van der Waals surface area contributed by atoms with Gasteiger partial charge in [-0.1, -0.05) is 48.0 Å². The van der Waals surface area contributed by atoms with Crippen molar-refractivity contribution in [3.8, 4) is 0 Å². The van der Waals surface area contributed by atoms with Crippen LogP contribution in [0.15, 0.2) is 48.5 Å². The molecule has 2 unspecified atom stereocenters. The van der Waals surface area contributed by atoms with Gasteiger partial charge in [0, 0.05) is 42.1 Å². The van der Waals surface area contributed by atoms with Crippen LogP contribution < -0.4 is 5.32 Å². The molecule has 0 bridgehead atoms. The molecule has 1 amide bonds. The maximum absolute atomic E-state index is 13.2. The van der Waals surface area contributed by atoms with Crippen LogP contribution in [0.1, 0.15) is 29.2 Å². The van der Waals surface area contributed by atoms with Gasteiger partial charge in [0.1, 0.15) is 0 Å². The second kappa shape index (κ2) is 8.03. The van der Waals surface area contributed by atoms with Gasteiger partial charge in [-0.15, -0.1) is 0 Å². The van der Waals surface area contributed by atoms with Crippen LogP contribution in [0, 0.1) is 0 Å². The quantitative estimate of drug-likeness (QED) is 0.863. The summed E-state index contributed by atoms with van der Waals surface area (Å²) in [4.78, 5) is 15.2. The Balaban J connectivity index is 1.61. The predicted molar refractivity (Wildman–Crippen MR) is 109 cm³/mol. The monoisotopic (exact) mass is 386 g/mol. The van der Waals surface area contributed by atoms with E-state index in [1.165, 1.54) is 16.7 Å². The Hall–Kier alpha value is -1.49. The summed E-state index contributed by atoms with van der Waals surface area (Å²) in [5, 5.41) is 4.22. The smallest absolute Gasteiger partial charge is 0.224 e. The third-order valence-corrected chi connectivity index (χ3v) is 6.59. The lowest BCUT2D eigenvalue weighted by Crippen LogP contribution is -2.45. The molecule has 3 nitrogen and oxygen atoms in total. The number of fused-ring (bicyclic) bond motifs is 1. The van der Waals surface area contributed by atoms with Crippen LogP contribution in [-0.4, -0.2) is 34.9 Å². The second-order valence-corrected chi connectivity index (χ2v) is 8.58. The molecule has 4 rings (SSSR count). The van der Waals surface area contributed by atoms with Crippen molar-refractivity contribution in [3.05, 3.63) is 70.2 Å². The standard InChI is InChI=1S/C21H23ClN2OS/c22-18-7-6-16-11-20(15-4-2-1-3-5-15)24(13-17(16)10-18)21(25)12-19-14-26-9-8-23-19/h1-7,10,19-20,23H,8-9,11-14H2. The van der Waals surface area contributed by atoms with E-state index in [0.29, 0.717) is 13.0 Å². The zero-order valence-electron chi connectivity index (χ0n) is 14.7. The molecule has 2 aliphatic heterocycles. The highest BCUT2D eigenvalue weighted by molar-refractivity contribution is 7.99. The van der Waals surface area contributed by atoms with Crippen LogP contribution in [0.3, 0.4) is 0 Å². The summed E-state index contributed by atoms with van der Waals surface area (Å²) in [6.07, 6.45) is 1.40. The van der Waals surface area contributed by atoms with Crippen molar-refractivity contribution in [1.29, 1.82) is 0 Å². The molecule has 1 saturated heterocycles. The molecule has 0 radical (unpaired) electrons. The van der Waals surface area contributed by atoms with Crippen molar-refractivity contribution >= 4 is 29.3 Å². The van der Waals surface area contributed by atoms with Gasteiger partial charge in [0.05, 0.1) is 6.04 Å². The van der Waals surface area contributed by atoms with Gasteiger partial charge in [-0.3, -0.25) is 4.79 Å². The number of carbonyl (C=O) groups excluding carboxylic acids is 1. The lowest BCUT2D eigenvalue weighted by Gasteiger charge is -2.38. The average Bonchev–Trinajstić information content (AvgIpc) is 2.68. The lowest BCUT2D eigenvalue weighted by molar-refractivity contribution is -0.135. The molecule has 0 aromatic heterocycles. The Morgan fingerprint density at radius 2 is 2.04 bits per heavy atom. The fourth-order valence-corrected chi connectivity index (χ4v) is 5.01. The molecule has 136 valence electrons. The number of amides is 1. The van der Waals surface area contributed by atoms with Gasteiger partial charge in [-0.05, 0) is 35.2 Å². The third-order valence-electron chi connectivity index (χ3n) is 5.22. The van der Waals surface area contributed by atoms with Gasteiger partial charge in [0.25, 0.3) is 0 Å². The first-order valence-corrected chi connectivity index (χ1v) is 10.7. The molecule has 2 aromatic carbocycles. The summed E-state index contributed by atoms with van der Waals surface area (Å²) < 4.78 is 0. The number of hydrogen-bond acceptors (Lipinski definition) is 3. The van der Waals surface area contributed by atoms with Crippen molar-refractivity contribution in [2.24, 2.45) is 0 Å². The zero-order valence-corrected chi connectivity index (χ0v) is 16.2. The maximum atomic E-state index is 13.2. The summed E-state index contributed by atoms with van der Waals surface area (Å²) in [6.45, 7) is 1.62. The van der Waals surface area contributed by atoms with Crippen LogP contribution in [-0.2, 0) is 17.8 Å². The Bertz CT molecular complexity index is 777. The minimum atomic E-state index is 0.0913. The first kappa shape index (κ1) is 17.9. The van der Waals surface area contributed by atoms with Gasteiger partial charge in [-0.25, -0.2) is 0 Å². The number of thioether (sulfide) groups is 1. The molecular formula is C21H23ClN2OS. The second-order valence-electron chi connectivity index (χ2n) is 7.00. The van der Waals surface area contributed by atoms with Crippen LogP contribution in [0.5, 0.6) is 0 Å². The van der Waals surface area contributed by atoms with Gasteiger partial charge in [0.2, 0.25) is 5.91 Å². The summed E-state index contributed by atoms with van der Waals surface area (Å²) >= 11 is 8.13. The van der Waals surface area contributed by atoms with Crippen LogP contribution in [0.4, 0.5) is 0 Å². The molecular weight excluding hydrogens is 364 g/mol.